The summed E-state index contributed by atoms with van der Waals surface area (Å²) >= 11 is 0. The lowest BCUT2D eigenvalue weighted by Crippen LogP contribution is -2.62. The van der Waals surface area contributed by atoms with Crippen LogP contribution in [0.5, 0.6) is 0 Å². The summed E-state index contributed by atoms with van der Waals surface area (Å²) in [5.41, 5.74) is 0.412. The second kappa shape index (κ2) is 9.74. The molecule has 0 bridgehead atoms. The molecule has 2 fully saturated rings. The number of methoxy groups -OCH3 is 1. The summed E-state index contributed by atoms with van der Waals surface area (Å²) < 4.78 is 16.1. The molecule has 124 valence electrons. The average Bonchev–Trinajstić information content (AvgIpc) is 2.52. The van der Waals surface area contributed by atoms with Crippen LogP contribution in [0.15, 0.2) is 0 Å². The standard InChI is InChI=1S/C16H32N2O3/c1-19-11-12-21-14-13-20-10-9-18-8-7-17-15-16(18)5-3-2-4-6-16/h17H,2-15H2,1H3. The minimum atomic E-state index is 0.412. The Kier molecular flexibility index (Phi) is 7.96. The van der Waals surface area contributed by atoms with Gasteiger partial charge in [0.25, 0.3) is 0 Å². The van der Waals surface area contributed by atoms with Crippen molar-refractivity contribution in [2.45, 2.75) is 37.6 Å². The van der Waals surface area contributed by atoms with E-state index >= 15 is 0 Å². The van der Waals surface area contributed by atoms with Crippen molar-refractivity contribution in [1.82, 2.24) is 10.2 Å². The molecule has 1 N–H and O–H groups in total. The third kappa shape index (κ3) is 5.49. The van der Waals surface area contributed by atoms with E-state index in [1.165, 1.54) is 32.1 Å². The Morgan fingerprint density at radius 2 is 1.67 bits per heavy atom. The van der Waals surface area contributed by atoms with E-state index in [1.54, 1.807) is 7.11 Å². The van der Waals surface area contributed by atoms with Gasteiger partial charge in [-0.25, -0.2) is 0 Å². The van der Waals surface area contributed by atoms with Crippen molar-refractivity contribution in [2.75, 3.05) is 66.3 Å². The fraction of sp³-hybridized carbons (Fsp3) is 1.00. The molecule has 0 aromatic rings. The highest BCUT2D eigenvalue weighted by Gasteiger charge is 2.39. The molecule has 0 unspecified atom stereocenters. The number of ether oxygens (including phenoxy) is 3. The molecular weight excluding hydrogens is 268 g/mol. The first kappa shape index (κ1) is 17.2. The summed E-state index contributed by atoms with van der Waals surface area (Å²) in [6.45, 7) is 7.96. The Bertz CT molecular complexity index is 262. The van der Waals surface area contributed by atoms with Gasteiger partial charge in [0.05, 0.1) is 33.0 Å². The van der Waals surface area contributed by atoms with Crippen molar-refractivity contribution in [3.05, 3.63) is 0 Å². The van der Waals surface area contributed by atoms with Crippen LogP contribution in [0.25, 0.3) is 0 Å². The van der Waals surface area contributed by atoms with Crippen molar-refractivity contribution >= 4 is 0 Å². The summed E-state index contributed by atoms with van der Waals surface area (Å²) in [6.07, 6.45) is 6.86. The minimum Gasteiger partial charge on any atom is -0.382 e. The van der Waals surface area contributed by atoms with Crippen LogP contribution in [0.1, 0.15) is 32.1 Å². The first-order valence-corrected chi connectivity index (χ1v) is 8.48. The lowest BCUT2D eigenvalue weighted by atomic mass is 9.79. The first-order chi connectivity index (χ1) is 10.4. The summed E-state index contributed by atoms with van der Waals surface area (Å²) in [6, 6.07) is 0. The molecule has 0 amide bonds. The third-order valence-corrected chi connectivity index (χ3v) is 4.78. The molecule has 0 atom stereocenters. The quantitative estimate of drug-likeness (QED) is 0.650. The average molecular weight is 300 g/mol. The molecule has 1 spiro atoms. The lowest BCUT2D eigenvalue weighted by Gasteiger charge is -2.50. The normalized spacial score (nSPS) is 22.7. The Balaban J connectivity index is 1.59. The van der Waals surface area contributed by atoms with E-state index in [9.17, 15) is 0 Å². The van der Waals surface area contributed by atoms with Crippen molar-refractivity contribution in [3.8, 4) is 0 Å². The highest BCUT2D eigenvalue weighted by atomic mass is 16.5. The van der Waals surface area contributed by atoms with Gasteiger partial charge < -0.3 is 19.5 Å². The van der Waals surface area contributed by atoms with Gasteiger partial charge in [-0.2, -0.15) is 0 Å². The number of nitrogens with one attached hydrogen (secondary N) is 1. The number of hydrogen-bond donors (Lipinski definition) is 1. The Labute approximate surface area is 129 Å². The molecule has 0 radical (unpaired) electrons. The monoisotopic (exact) mass is 300 g/mol. The van der Waals surface area contributed by atoms with E-state index in [2.05, 4.69) is 10.2 Å². The first-order valence-electron chi connectivity index (χ1n) is 8.48. The molecule has 5 heteroatoms. The number of rotatable bonds is 9. The van der Waals surface area contributed by atoms with Crippen LogP contribution in [0.4, 0.5) is 0 Å². The van der Waals surface area contributed by atoms with Gasteiger partial charge in [-0.05, 0) is 12.8 Å². The van der Waals surface area contributed by atoms with Crippen molar-refractivity contribution < 1.29 is 14.2 Å². The molecule has 0 aromatic heterocycles. The minimum absolute atomic E-state index is 0.412. The van der Waals surface area contributed by atoms with Gasteiger partial charge in [-0.15, -0.1) is 0 Å². The van der Waals surface area contributed by atoms with Crippen LogP contribution in [-0.4, -0.2) is 76.8 Å². The van der Waals surface area contributed by atoms with Gasteiger partial charge in [0.2, 0.25) is 0 Å². The van der Waals surface area contributed by atoms with E-state index in [0.29, 0.717) is 32.0 Å². The van der Waals surface area contributed by atoms with Crippen LogP contribution in [0.2, 0.25) is 0 Å². The highest BCUT2D eigenvalue weighted by Crippen LogP contribution is 2.34. The molecular formula is C16H32N2O3. The summed E-state index contributed by atoms with van der Waals surface area (Å²) in [4.78, 5) is 2.68. The third-order valence-electron chi connectivity index (χ3n) is 4.78. The van der Waals surface area contributed by atoms with Crippen LogP contribution in [0.3, 0.4) is 0 Å². The van der Waals surface area contributed by atoms with Gasteiger partial charge >= 0.3 is 0 Å². The van der Waals surface area contributed by atoms with Crippen molar-refractivity contribution in [3.63, 3.8) is 0 Å². The van der Waals surface area contributed by atoms with Gasteiger partial charge in [0.15, 0.2) is 0 Å². The SMILES string of the molecule is COCCOCCOCCN1CCNCC12CCCCC2. The van der Waals surface area contributed by atoms with E-state index in [-0.39, 0.29) is 0 Å². The molecule has 1 aliphatic carbocycles. The van der Waals surface area contributed by atoms with Gasteiger partial charge in [-0.1, -0.05) is 19.3 Å². The topological polar surface area (TPSA) is 43.0 Å². The summed E-state index contributed by atoms with van der Waals surface area (Å²) in [7, 11) is 1.69. The van der Waals surface area contributed by atoms with E-state index in [4.69, 9.17) is 14.2 Å². The molecule has 1 saturated carbocycles. The number of piperazine rings is 1. The fourth-order valence-corrected chi connectivity index (χ4v) is 3.57. The molecule has 2 rings (SSSR count). The Morgan fingerprint density at radius 1 is 0.952 bits per heavy atom. The zero-order chi connectivity index (χ0) is 14.8. The fourth-order valence-electron chi connectivity index (χ4n) is 3.57. The van der Waals surface area contributed by atoms with E-state index in [1.807, 2.05) is 0 Å². The number of nitrogens with zero attached hydrogens (tertiary/aromatic N) is 1. The van der Waals surface area contributed by atoms with E-state index in [0.717, 1.165) is 32.8 Å². The zero-order valence-electron chi connectivity index (χ0n) is 13.6. The zero-order valence-corrected chi connectivity index (χ0v) is 13.6. The molecule has 1 saturated heterocycles. The molecule has 1 aliphatic heterocycles. The molecule has 0 aromatic carbocycles. The molecule has 5 nitrogen and oxygen atoms in total. The number of hydrogen-bond acceptors (Lipinski definition) is 5. The van der Waals surface area contributed by atoms with Crippen LogP contribution in [-0.2, 0) is 14.2 Å². The van der Waals surface area contributed by atoms with Crippen molar-refractivity contribution in [2.24, 2.45) is 0 Å². The summed E-state index contributed by atoms with van der Waals surface area (Å²) in [5.74, 6) is 0. The molecule has 1 heterocycles. The molecule has 2 aliphatic rings. The van der Waals surface area contributed by atoms with Crippen molar-refractivity contribution in [1.29, 1.82) is 0 Å². The summed E-state index contributed by atoms with van der Waals surface area (Å²) in [5, 5.41) is 3.59. The maximum absolute atomic E-state index is 5.72. The Hall–Kier alpha value is -0.200. The maximum Gasteiger partial charge on any atom is 0.0701 e. The largest absolute Gasteiger partial charge is 0.382 e. The van der Waals surface area contributed by atoms with Crippen LogP contribution >= 0.6 is 0 Å². The maximum atomic E-state index is 5.72. The molecule has 21 heavy (non-hydrogen) atoms. The smallest absolute Gasteiger partial charge is 0.0701 e. The second-order valence-corrected chi connectivity index (χ2v) is 6.17. The Morgan fingerprint density at radius 3 is 2.43 bits per heavy atom. The highest BCUT2D eigenvalue weighted by molar-refractivity contribution is 4.97. The predicted molar refractivity (Wildman–Crippen MR) is 83.8 cm³/mol. The second-order valence-electron chi connectivity index (χ2n) is 6.17. The van der Waals surface area contributed by atoms with Crippen LogP contribution in [0, 0.1) is 0 Å². The van der Waals surface area contributed by atoms with Gasteiger partial charge in [0, 0.05) is 38.8 Å². The predicted octanol–water partition coefficient (Wildman–Crippen LogP) is 1.27. The van der Waals surface area contributed by atoms with Crippen LogP contribution < -0.4 is 5.32 Å². The lowest BCUT2D eigenvalue weighted by molar-refractivity contribution is -0.0127. The van der Waals surface area contributed by atoms with E-state index < -0.39 is 0 Å². The van der Waals surface area contributed by atoms with Gasteiger partial charge in [0.1, 0.15) is 0 Å². The van der Waals surface area contributed by atoms with Gasteiger partial charge in [-0.3, -0.25) is 4.90 Å².